The molecule has 0 amide bonds. The molecule has 1 saturated heterocycles. The lowest BCUT2D eigenvalue weighted by atomic mass is 9.88. The number of hydrogen-bond acceptors (Lipinski definition) is 3. The number of aliphatic hydroxyl groups excluding tert-OH is 1. The van der Waals surface area contributed by atoms with E-state index in [1.54, 1.807) is 0 Å². The van der Waals surface area contributed by atoms with Gasteiger partial charge in [-0.3, -0.25) is 9.69 Å². The highest BCUT2D eigenvalue weighted by atomic mass is 35.5. The van der Waals surface area contributed by atoms with Gasteiger partial charge in [-0.25, -0.2) is 0 Å². The fraction of sp³-hybridized carbons (Fsp3) is 0.409. The van der Waals surface area contributed by atoms with Crippen molar-refractivity contribution in [3.05, 3.63) is 71.8 Å². The third-order valence-electron chi connectivity index (χ3n) is 5.42. The van der Waals surface area contributed by atoms with Crippen molar-refractivity contribution in [2.75, 3.05) is 7.05 Å². The molecular formula is C22H28ClNO2. The predicted molar refractivity (Wildman–Crippen MR) is 108 cm³/mol. The van der Waals surface area contributed by atoms with Gasteiger partial charge in [-0.15, -0.1) is 12.4 Å². The Balaban J connectivity index is 0.00000243. The predicted octanol–water partition coefficient (Wildman–Crippen LogP) is 4.66. The zero-order valence-electron chi connectivity index (χ0n) is 15.3. The van der Waals surface area contributed by atoms with Crippen LogP contribution in [0.3, 0.4) is 0 Å². The van der Waals surface area contributed by atoms with Gasteiger partial charge in [0.2, 0.25) is 0 Å². The van der Waals surface area contributed by atoms with E-state index in [4.69, 9.17) is 0 Å². The molecule has 3 rings (SSSR count). The van der Waals surface area contributed by atoms with Gasteiger partial charge in [0.05, 0.1) is 6.10 Å². The number of nitrogens with zero attached hydrogens (tertiary/aromatic N) is 1. The smallest absolute Gasteiger partial charge is 0.164 e. The Bertz CT molecular complexity index is 677. The van der Waals surface area contributed by atoms with Gasteiger partial charge >= 0.3 is 0 Å². The van der Waals surface area contributed by atoms with Crippen LogP contribution in [0.1, 0.15) is 54.1 Å². The normalized spacial score (nSPS) is 21.6. The van der Waals surface area contributed by atoms with Gasteiger partial charge in [-0.1, -0.05) is 67.1 Å². The quantitative estimate of drug-likeness (QED) is 0.749. The molecule has 0 radical (unpaired) electrons. The van der Waals surface area contributed by atoms with E-state index in [2.05, 4.69) is 11.9 Å². The van der Waals surface area contributed by atoms with Gasteiger partial charge in [0.1, 0.15) is 0 Å². The summed E-state index contributed by atoms with van der Waals surface area (Å²) >= 11 is 0. The second-order valence-corrected chi connectivity index (χ2v) is 7.06. The third kappa shape index (κ3) is 5.16. The van der Waals surface area contributed by atoms with Crippen molar-refractivity contribution in [1.29, 1.82) is 0 Å². The lowest BCUT2D eigenvalue weighted by molar-refractivity contribution is 0.0549. The van der Waals surface area contributed by atoms with E-state index in [0.717, 1.165) is 36.8 Å². The molecule has 3 nitrogen and oxygen atoms in total. The Morgan fingerprint density at radius 3 is 2.27 bits per heavy atom. The van der Waals surface area contributed by atoms with E-state index in [1.165, 1.54) is 0 Å². The van der Waals surface area contributed by atoms with Crippen LogP contribution in [0.15, 0.2) is 60.7 Å². The molecule has 1 aliphatic heterocycles. The lowest BCUT2D eigenvalue weighted by Gasteiger charge is -2.40. The molecule has 1 fully saturated rings. The summed E-state index contributed by atoms with van der Waals surface area (Å²) in [5, 5.41) is 10.5. The van der Waals surface area contributed by atoms with E-state index in [9.17, 15) is 9.90 Å². The SMILES string of the molecule is CN1C(C[C@@H](O)c2ccccc2)CCC[C@H]1CC(=O)c1ccccc1.Cl. The molecule has 1 aliphatic rings. The minimum atomic E-state index is -0.447. The second-order valence-electron chi connectivity index (χ2n) is 7.06. The Hall–Kier alpha value is -1.68. The largest absolute Gasteiger partial charge is 0.388 e. The summed E-state index contributed by atoms with van der Waals surface area (Å²) < 4.78 is 0. The Labute approximate surface area is 162 Å². The summed E-state index contributed by atoms with van der Waals surface area (Å²) in [6.45, 7) is 0. The standard InChI is InChI=1S/C22H27NO2.ClH/c1-23-19(15-21(24)17-9-4-2-5-10-17)13-8-14-20(23)16-22(25)18-11-6-3-7-12-18;/h2-7,9-12,19-21,24H,8,13-16H2,1H3;1H/t19?,20-,21+;/m0./s1. The molecule has 4 heteroatoms. The Morgan fingerprint density at radius 2 is 1.62 bits per heavy atom. The van der Waals surface area contributed by atoms with Gasteiger partial charge < -0.3 is 5.11 Å². The number of Topliss-reactive ketones (excluding diaryl/α,β-unsaturated/α-hetero) is 1. The average molecular weight is 374 g/mol. The van der Waals surface area contributed by atoms with Gasteiger partial charge in [0, 0.05) is 24.1 Å². The maximum absolute atomic E-state index is 12.5. The van der Waals surface area contributed by atoms with Crippen LogP contribution in [-0.4, -0.2) is 34.9 Å². The summed E-state index contributed by atoms with van der Waals surface area (Å²) in [4.78, 5) is 14.8. The topological polar surface area (TPSA) is 40.5 Å². The number of hydrogen-bond donors (Lipinski definition) is 1. The molecule has 140 valence electrons. The van der Waals surface area contributed by atoms with E-state index >= 15 is 0 Å². The number of rotatable bonds is 6. The van der Waals surface area contributed by atoms with Gasteiger partial charge in [0.15, 0.2) is 5.78 Å². The first-order valence-corrected chi connectivity index (χ1v) is 9.18. The lowest BCUT2D eigenvalue weighted by Crippen LogP contribution is -2.45. The minimum Gasteiger partial charge on any atom is -0.388 e. The molecule has 1 N–H and O–H groups in total. The number of carbonyl (C=O) groups is 1. The number of halogens is 1. The highest BCUT2D eigenvalue weighted by Gasteiger charge is 2.30. The minimum absolute atomic E-state index is 0. The van der Waals surface area contributed by atoms with Crippen molar-refractivity contribution >= 4 is 18.2 Å². The number of ketones is 1. The van der Waals surface area contributed by atoms with E-state index in [1.807, 2.05) is 60.7 Å². The summed E-state index contributed by atoms with van der Waals surface area (Å²) in [5.74, 6) is 0.210. The Morgan fingerprint density at radius 1 is 1.04 bits per heavy atom. The van der Waals surface area contributed by atoms with Crippen molar-refractivity contribution in [2.45, 2.75) is 50.3 Å². The van der Waals surface area contributed by atoms with Crippen molar-refractivity contribution < 1.29 is 9.90 Å². The average Bonchev–Trinajstić information content (AvgIpc) is 2.66. The number of carbonyl (C=O) groups excluding carboxylic acids is 1. The molecule has 1 heterocycles. The fourth-order valence-corrected chi connectivity index (χ4v) is 3.85. The van der Waals surface area contributed by atoms with Crippen molar-refractivity contribution in [3.8, 4) is 0 Å². The van der Waals surface area contributed by atoms with Crippen molar-refractivity contribution in [1.82, 2.24) is 4.90 Å². The van der Waals surface area contributed by atoms with Crippen LogP contribution in [0.25, 0.3) is 0 Å². The molecule has 26 heavy (non-hydrogen) atoms. The number of benzene rings is 2. The highest BCUT2D eigenvalue weighted by Crippen LogP contribution is 2.30. The van der Waals surface area contributed by atoms with Crippen molar-refractivity contribution in [3.63, 3.8) is 0 Å². The van der Waals surface area contributed by atoms with Crippen LogP contribution in [0.2, 0.25) is 0 Å². The van der Waals surface area contributed by atoms with Crippen LogP contribution >= 0.6 is 12.4 Å². The van der Waals surface area contributed by atoms with Gasteiger partial charge in [-0.05, 0) is 31.9 Å². The summed E-state index contributed by atoms with van der Waals surface area (Å²) in [6, 6.07) is 20.0. The fourth-order valence-electron chi connectivity index (χ4n) is 3.85. The second kappa shape index (κ2) is 9.86. The molecule has 0 spiro atoms. The maximum atomic E-state index is 12.5. The zero-order chi connectivity index (χ0) is 17.6. The molecule has 0 aliphatic carbocycles. The summed E-state index contributed by atoms with van der Waals surface area (Å²) in [5.41, 5.74) is 1.76. The molecular weight excluding hydrogens is 346 g/mol. The molecule has 1 unspecified atom stereocenters. The molecule has 0 bridgehead atoms. The van der Waals surface area contributed by atoms with Crippen LogP contribution in [0, 0.1) is 0 Å². The number of aliphatic hydroxyl groups is 1. The molecule has 0 saturated carbocycles. The van der Waals surface area contributed by atoms with Crippen molar-refractivity contribution in [2.24, 2.45) is 0 Å². The van der Waals surface area contributed by atoms with Gasteiger partial charge in [-0.2, -0.15) is 0 Å². The van der Waals surface area contributed by atoms with Crippen LogP contribution in [0.5, 0.6) is 0 Å². The Kier molecular flexibility index (Phi) is 7.83. The zero-order valence-corrected chi connectivity index (χ0v) is 16.1. The first-order chi connectivity index (χ1) is 12.1. The highest BCUT2D eigenvalue weighted by molar-refractivity contribution is 5.96. The van der Waals surface area contributed by atoms with Crippen LogP contribution in [-0.2, 0) is 0 Å². The summed E-state index contributed by atoms with van der Waals surface area (Å²) in [7, 11) is 2.10. The monoisotopic (exact) mass is 373 g/mol. The summed E-state index contributed by atoms with van der Waals surface area (Å²) in [6.07, 6.45) is 4.07. The van der Waals surface area contributed by atoms with E-state index in [-0.39, 0.29) is 24.2 Å². The van der Waals surface area contributed by atoms with E-state index < -0.39 is 6.10 Å². The first kappa shape index (κ1) is 20.6. The van der Waals surface area contributed by atoms with E-state index in [0.29, 0.717) is 12.5 Å². The van der Waals surface area contributed by atoms with Crippen LogP contribution < -0.4 is 0 Å². The number of likely N-dealkylation sites (tertiary alicyclic amines) is 1. The first-order valence-electron chi connectivity index (χ1n) is 9.18. The van der Waals surface area contributed by atoms with Crippen LogP contribution in [0.4, 0.5) is 0 Å². The number of piperidine rings is 1. The molecule has 0 aromatic heterocycles. The molecule has 3 atom stereocenters. The third-order valence-corrected chi connectivity index (χ3v) is 5.42. The molecule has 2 aromatic rings. The van der Waals surface area contributed by atoms with Gasteiger partial charge in [0.25, 0.3) is 0 Å². The maximum Gasteiger partial charge on any atom is 0.164 e. The molecule has 2 aromatic carbocycles.